The Bertz CT molecular complexity index is 741. The van der Waals surface area contributed by atoms with Crippen molar-refractivity contribution in [1.82, 2.24) is 4.90 Å². The number of hydrogen-bond donors (Lipinski definition) is 0. The highest BCUT2D eigenvalue weighted by Gasteiger charge is 2.26. The summed E-state index contributed by atoms with van der Waals surface area (Å²) >= 11 is 0. The third-order valence-corrected chi connectivity index (χ3v) is 11.2. The summed E-state index contributed by atoms with van der Waals surface area (Å²) in [6.07, 6.45) is 38.2. The first-order chi connectivity index (χ1) is 24.5. The zero-order valence-electron chi connectivity index (χ0n) is 34.3. The van der Waals surface area contributed by atoms with E-state index in [9.17, 15) is 9.59 Å². The molecule has 2 unspecified atom stereocenters. The molecule has 0 saturated carbocycles. The van der Waals surface area contributed by atoms with Crippen molar-refractivity contribution < 1.29 is 19.1 Å². The number of carbonyl (C=O) groups excluding carboxylic acids is 2. The summed E-state index contributed by atoms with van der Waals surface area (Å²) in [5.74, 6) is 1.60. The lowest BCUT2D eigenvalue weighted by Gasteiger charge is -2.37. The molecule has 0 aromatic heterocycles. The molecule has 0 aromatic rings. The first-order valence-electron chi connectivity index (χ1n) is 22.6. The van der Waals surface area contributed by atoms with Gasteiger partial charge in [-0.15, -0.1) is 0 Å². The highest BCUT2D eigenvalue weighted by molar-refractivity contribution is 5.69. The average molecular weight is 706 g/mol. The third-order valence-electron chi connectivity index (χ3n) is 11.2. The second kappa shape index (κ2) is 35.0. The minimum Gasteiger partial charge on any atom is -0.466 e. The number of nitrogens with zero attached hydrogens (tertiary/aromatic N) is 1. The number of esters is 2. The molecule has 0 N–H and O–H groups in total. The maximum absolute atomic E-state index is 12.8. The Labute approximate surface area is 312 Å². The fourth-order valence-corrected chi connectivity index (χ4v) is 7.99. The van der Waals surface area contributed by atoms with E-state index in [-0.39, 0.29) is 18.0 Å². The second-order valence-corrected chi connectivity index (χ2v) is 16.1. The molecule has 2 atom stereocenters. The summed E-state index contributed by atoms with van der Waals surface area (Å²) in [5.41, 5.74) is 0. The van der Waals surface area contributed by atoms with Crippen LogP contribution in [0.4, 0.5) is 0 Å². The van der Waals surface area contributed by atoms with Gasteiger partial charge in [-0.05, 0) is 82.6 Å². The van der Waals surface area contributed by atoms with Crippen molar-refractivity contribution in [2.75, 3.05) is 26.2 Å². The van der Waals surface area contributed by atoms with Crippen LogP contribution in [0.2, 0.25) is 0 Å². The van der Waals surface area contributed by atoms with Gasteiger partial charge >= 0.3 is 11.9 Å². The van der Waals surface area contributed by atoms with Gasteiger partial charge in [0, 0.05) is 25.9 Å². The molecule has 50 heavy (non-hydrogen) atoms. The molecule has 0 aromatic carbocycles. The van der Waals surface area contributed by atoms with Crippen LogP contribution in [-0.4, -0.2) is 49.2 Å². The Kier molecular flexibility index (Phi) is 32.8. The van der Waals surface area contributed by atoms with Crippen LogP contribution in [0.15, 0.2) is 0 Å². The largest absolute Gasteiger partial charge is 0.466 e. The minimum atomic E-state index is 0.000263. The number of unbranched alkanes of at least 4 members (excludes halogenated alkanes) is 20. The number of likely N-dealkylation sites (tertiary alicyclic amines) is 1. The van der Waals surface area contributed by atoms with Crippen LogP contribution < -0.4 is 0 Å². The van der Waals surface area contributed by atoms with Crippen LogP contribution in [0.3, 0.4) is 0 Å². The van der Waals surface area contributed by atoms with Crippen molar-refractivity contribution in [1.29, 1.82) is 0 Å². The first kappa shape index (κ1) is 46.9. The quantitative estimate of drug-likeness (QED) is 0.0480. The van der Waals surface area contributed by atoms with Crippen LogP contribution in [-0.2, 0) is 19.1 Å². The van der Waals surface area contributed by atoms with Crippen molar-refractivity contribution in [2.24, 2.45) is 11.8 Å². The maximum Gasteiger partial charge on any atom is 0.306 e. The normalized spacial score (nSPS) is 16.7. The van der Waals surface area contributed by atoms with Gasteiger partial charge in [0.15, 0.2) is 0 Å². The molecule has 0 bridgehead atoms. The van der Waals surface area contributed by atoms with Crippen molar-refractivity contribution in [3.8, 4) is 0 Å². The third kappa shape index (κ3) is 28.5. The van der Waals surface area contributed by atoms with Gasteiger partial charge in [-0.1, -0.05) is 156 Å². The van der Waals surface area contributed by atoms with E-state index in [4.69, 9.17) is 9.47 Å². The molecule has 1 saturated heterocycles. The molecular weight excluding hydrogens is 618 g/mol. The number of hydrogen-bond acceptors (Lipinski definition) is 5. The van der Waals surface area contributed by atoms with Gasteiger partial charge in [-0.2, -0.15) is 0 Å². The summed E-state index contributed by atoms with van der Waals surface area (Å²) < 4.78 is 11.6. The van der Waals surface area contributed by atoms with Crippen LogP contribution in [0.5, 0.6) is 0 Å². The Hall–Kier alpha value is -1.10. The van der Waals surface area contributed by atoms with E-state index >= 15 is 0 Å². The molecule has 296 valence electrons. The molecule has 0 spiro atoms. The van der Waals surface area contributed by atoms with Crippen molar-refractivity contribution in [3.63, 3.8) is 0 Å². The summed E-state index contributed by atoms with van der Waals surface area (Å²) in [7, 11) is 0. The molecule has 1 rings (SSSR count). The van der Waals surface area contributed by atoms with Gasteiger partial charge in [-0.25, -0.2) is 0 Å². The Morgan fingerprint density at radius 3 is 1.42 bits per heavy atom. The number of carbonyl (C=O) groups is 2. The zero-order valence-corrected chi connectivity index (χ0v) is 34.3. The SMILES string of the molecule is CCCCCCCCCOC(=O)CCCCCC1CC(CCCCCC(=O)OC(CCCCCCCC)CCCCCCCC)CN(CC)C1. The van der Waals surface area contributed by atoms with Crippen molar-refractivity contribution in [2.45, 2.75) is 239 Å². The zero-order chi connectivity index (χ0) is 36.3. The van der Waals surface area contributed by atoms with Gasteiger partial charge in [0.25, 0.3) is 0 Å². The van der Waals surface area contributed by atoms with Crippen molar-refractivity contribution in [3.05, 3.63) is 0 Å². The van der Waals surface area contributed by atoms with E-state index < -0.39 is 0 Å². The number of ether oxygens (including phenoxy) is 2. The van der Waals surface area contributed by atoms with Crippen LogP contribution >= 0.6 is 0 Å². The highest BCUT2D eigenvalue weighted by Crippen LogP contribution is 2.30. The number of rotatable bonds is 36. The van der Waals surface area contributed by atoms with Crippen LogP contribution in [0, 0.1) is 11.8 Å². The average Bonchev–Trinajstić information content (AvgIpc) is 3.11. The van der Waals surface area contributed by atoms with E-state index in [1.807, 2.05) is 0 Å². The lowest BCUT2D eigenvalue weighted by Crippen LogP contribution is -2.40. The first-order valence-corrected chi connectivity index (χ1v) is 22.6. The molecule has 1 aliphatic heterocycles. The molecule has 1 heterocycles. The van der Waals surface area contributed by atoms with Crippen molar-refractivity contribution >= 4 is 11.9 Å². The minimum absolute atomic E-state index is 0.000263. The summed E-state index contributed by atoms with van der Waals surface area (Å²) in [5, 5.41) is 0. The van der Waals surface area contributed by atoms with E-state index in [0.29, 0.717) is 19.4 Å². The molecule has 0 amide bonds. The summed E-state index contributed by atoms with van der Waals surface area (Å²) in [4.78, 5) is 27.6. The second-order valence-electron chi connectivity index (χ2n) is 16.1. The van der Waals surface area contributed by atoms with Gasteiger partial charge in [-0.3, -0.25) is 9.59 Å². The monoisotopic (exact) mass is 706 g/mol. The summed E-state index contributed by atoms with van der Waals surface area (Å²) in [6.45, 7) is 13.3. The van der Waals surface area contributed by atoms with Gasteiger partial charge in [0.05, 0.1) is 6.61 Å². The topological polar surface area (TPSA) is 55.8 Å². The molecular formula is C45H87NO4. The van der Waals surface area contributed by atoms with Gasteiger partial charge < -0.3 is 14.4 Å². The Morgan fingerprint density at radius 2 is 0.940 bits per heavy atom. The molecule has 1 aliphatic rings. The lowest BCUT2D eigenvalue weighted by molar-refractivity contribution is -0.150. The predicted molar refractivity (Wildman–Crippen MR) is 215 cm³/mol. The smallest absolute Gasteiger partial charge is 0.306 e. The molecule has 0 aliphatic carbocycles. The molecule has 5 nitrogen and oxygen atoms in total. The van der Waals surface area contributed by atoms with Crippen LogP contribution in [0.25, 0.3) is 0 Å². The maximum atomic E-state index is 12.8. The highest BCUT2D eigenvalue weighted by atomic mass is 16.5. The van der Waals surface area contributed by atoms with E-state index in [1.54, 1.807) is 0 Å². The lowest BCUT2D eigenvalue weighted by atomic mass is 9.83. The molecule has 1 fully saturated rings. The van der Waals surface area contributed by atoms with E-state index in [1.165, 1.54) is 161 Å². The fourth-order valence-electron chi connectivity index (χ4n) is 7.99. The standard InChI is InChI=1S/C45H87NO4/c1-5-9-12-15-18-21-30-37-49-44(47)35-28-22-24-31-41-38-42(40-46(8-4)39-41)32-25-23-29-36-45(48)50-43(33-26-19-16-13-10-6-2)34-27-20-17-14-11-7-3/h41-43H,5-40H2,1-4H3. The molecule has 0 radical (unpaired) electrons. The van der Waals surface area contributed by atoms with Gasteiger partial charge in [0.1, 0.15) is 6.10 Å². The van der Waals surface area contributed by atoms with Gasteiger partial charge in [0.2, 0.25) is 0 Å². The van der Waals surface area contributed by atoms with E-state index in [0.717, 1.165) is 63.3 Å². The van der Waals surface area contributed by atoms with E-state index in [2.05, 4.69) is 32.6 Å². The number of piperidine rings is 1. The van der Waals surface area contributed by atoms with Crippen LogP contribution in [0.1, 0.15) is 233 Å². The molecule has 5 heteroatoms. The fraction of sp³-hybridized carbons (Fsp3) is 0.956. The Morgan fingerprint density at radius 1 is 0.520 bits per heavy atom. The summed E-state index contributed by atoms with van der Waals surface area (Å²) in [6, 6.07) is 0. The Balaban J connectivity index is 2.22. The predicted octanol–water partition coefficient (Wildman–Crippen LogP) is 13.6.